The van der Waals surface area contributed by atoms with Gasteiger partial charge in [-0.2, -0.15) is 0 Å². The van der Waals surface area contributed by atoms with Gasteiger partial charge in [0, 0.05) is 12.0 Å². The molecule has 5 atom stereocenters. The van der Waals surface area contributed by atoms with Gasteiger partial charge in [-0.1, -0.05) is 26.5 Å². The summed E-state index contributed by atoms with van der Waals surface area (Å²) < 4.78 is 17.0. The molecular formula is C19H24O6. The highest BCUT2D eigenvalue weighted by molar-refractivity contribution is 5.91. The Morgan fingerprint density at radius 2 is 2.12 bits per heavy atom. The number of ether oxygens (including phenoxy) is 3. The molecule has 2 bridgehead atoms. The van der Waals surface area contributed by atoms with Crippen LogP contribution in [0.25, 0.3) is 0 Å². The van der Waals surface area contributed by atoms with Gasteiger partial charge in [0.1, 0.15) is 12.2 Å². The number of carbonyl (C=O) groups excluding carboxylic acids is 2. The van der Waals surface area contributed by atoms with E-state index in [0.29, 0.717) is 5.57 Å². The molecule has 3 aliphatic heterocycles. The standard InChI is InChI=1S/C19H24O6/c1-10(2)16(20)24-14-9-18(5)6-7-19(22,25-18)11(3)8-13-15(14)12(4)17(21)23-13/h6-8,10,13-15,22H,4,9H2,1-3,5H3/b11-8-/t13-,14?,15+,18+,19-/m1/s1. The monoisotopic (exact) mass is 348 g/mol. The van der Waals surface area contributed by atoms with Crippen LogP contribution in [0.4, 0.5) is 0 Å². The Kier molecular flexibility index (Phi) is 4.16. The number of hydrogen-bond acceptors (Lipinski definition) is 6. The Labute approximate surface area is 147 Å². The topological polar surface area (TPSA) is 82.1 Å². The minimum atomic E-state index is -1.56. The van der Waals surface area contributed by atoms with Gasteiger partial charge in [-0.3, -0.25) is 4.79 Å². The van der Waals surface area contributed by atoms with Crippen LogP contribution in [-0.2, 0) is 23.8 Å². The zero-order valence-corrected chi connectivity index (χ0v) is 14.9. The smallest absolute Gasteiger partial charge is 0.334 e. The molecule has 3 rings (SSSR count). The zero-order chi connectivity index (χ0) is 18.6. The Morgan fingerprint density at radius 1 is 1.44 bits per heavy atom. The van der Waals surface area contributed by atoms with Gasteiger partial charge in [0.05, 0.1) is 17.4 Å². The Balaban J connectivity index is 2.04. The van der Waals surface area contributed by atoms with E-state index in [1.807, 2.05) is 6.92 Å². The maximum atomic E-state index is 12.2. The minimum Gasteiger partial charge on any atom is -0.461 e. The molecule has 0 aliphatic carbocycles. The van der Waals surface area contributed by atoms with Crippen molar-refractivity contribution >= 4 is 11.9 Å². The normalized spacial score (nSPS) is 42.2. The third-order valence-corrected chi connectivity index (χ3v) is 5.04. The fourth-order valence-corrected chi connectivity index (χ4v) is 3.51. The molecule has 0 aromatic carbocycles. The second-order valence-corrected chi connectivity index (χ2v) is 7.55. The summed E-state index contributed by atoms with van der Waals surface area (Å²) >= 11 is 0. The van der Waals surface area contributed by atoms with Crippen molar-refractivity contribution in [1.29, 1.82) is 0 Å². The first kappa shape index (κ1) is 17.9. The van der Waals surface area contributed by atoms with Crippen molar-refractivity contribution in [3.05, 3.63) is 36.0 Å². The molecular weight excluding hydrogens is 324 g/mol. The van der Waals surface area contributed by atoms with E-state index in [-0.39, 0.29) is 23.9 Å². The van der Waals surface area contributed by atoms with Crippen LogP contribution in [0.15, 0.2) is 36.0 Å². The van der Waals surface area contributed by atoms with E-state index in [0.717, 1.165) is 0 Å². The summed E-state index contributed by atoms with van der Waals surface area (Å²) in [5.41, 5.74) is -0.0548. The summed E-state index contributed by atoms with van der Waals surface area (Å²) in [6.45, 7) is 10.9. The predicted octanol–water partition coefficient (Wildman–Crippen LogP) is 2.04. The minimum absolute atomic E-state index is 0.271. The van der Waals surface area contributed by atoms with Gasteiger partial charge < -0.3 is 19.3 Å². The SMILES string of the molecule is C=C1C(=O)O[C@@H]2/C=C(/C)[C@@]3(O)C=C[C@@](C)(CC(OC(=O)C(C)C)[C@@H]12)O3. The highest BCUT2D eigenvalue weighted by Crippen LogP contribution is 2.44. The first-order chi connectivity index (χ1) is 11.5. The van der Waals surface area contributed by atoms with Crippen molar-refractivity contribution in [3.8, 4) is 0 Å². The van der Waals surface area contributed by atoms with Crippen LogP contribution >= 0.6 is 0 Å². The lowest BCUT2D eigenvalue weighted by molar-refractivity contribution is -0.190. The highest BCUT2D eigenvalue weighted by Gasteiger charge is 2.52. The Bertz CT molecular complexity index is 690. The quantitative estimate of drug-likeness (QED) is 0.467. The van der Waals surface area contributed by atoms with Gasteiger partial charge in [-0.15, -0.1) is 0 Å². The molecule has 1 saturated heterocycles. The van der Waals surface area contributed by atoms with Crippen molar-refractivity contribution in [2.45, 2.75) is 57.7 Å². The molecule has 0 spiro atoms. The number of carbonyl (C=O) groups is 2. The first-order valence-electron chi connectivity index (χ1n) is 8.47. The third kappa shape index (κ3) is 3.04. The van der Waals surface area contributed by atoms with Gasteiger partial charge in [0.25, 0.3) is 0 Å². The Morgan fingerprint density at radius 3 is 2.76 bits per heavy atom. The van der Waals surface area contributed by atoms with Crippen molar-refractivity contribution in [2.75, 3.05) is 0 Å². The summed E-state index contributed by atoms with van der Waals surface area (Å²) in [6.07, 6.45) is 3.96. The van der Waals surface area contributed by atoms with Crippen molar-refractivity contribution in [1.82, 2.24) is 0 Å². The average Bonchev–Trinajstić information content (AvgIpc) is 2.97. The average molecular weight is 348 g/mol. The first-order valence-corrected chi connectivity index (χ1v) is 8.47. The van der Waals surface area contributed by atoms with Gasteiger partial charge in [-0.25, -0.2) is 4.79 Å². The van der Waals surface area contributed by atoms with E-state index in [9.17, 15) is 14.7 Å². The molecule has 6 heteroatoms. The van der Waals surface area contributed by atoms with E-state index in [1.165, 1.54) is 0 Å². The summed E-state index contributed by atoms with van der Waals surface area (Å²) in [7, 11) is 0. The zero-order valence-electron chi connectivity index (χ0n) is 14.9. The molecule has 3 aliphatic rings. The van der Waals surface area contributed by atoms with Crippen LogP contribution < -0.4 is 0 Å². The summed E-state index contributed by atoms with van der Waals surface area (Å²) in [6, 6.07) is 0. The lowest BCUT2D eigenvalue weighted by atomic mass is 9.83. The maximum absolute atomic E-state index is 12.2. The predicted molar refractivity (Wildman–Crippen MR) is 89.2 cm³/mol. The van der Waals surface area contributed by atoms with Crippen molar-refractivity contribution in [2.24, 2.45) is 11.8 Å². The van der Waals surface area contributed by atoms with E-state index in [4.69, 9.17) is 14.2 Å². The molecule has 0 aromatic rings. The molecule has 1 N–H and O–H groups in total. The second kappa shape index (κ2) is 5.81. The van der Waals surface area contributed by atoms with E-state index in [1.54, 1.807) is 39.0 Å². The fourth-order valence-electron chi connectivity index (χ4n) is 3.51. The van der Waals surface area contributed by atoms with Crippen LogP contribution in [0, 0.1) is 11.8 Å². The van der Waals surface area contributed by atoms with Gasteiger partial charge >= 0.3 is 11.9 Å². The largest absolute Gasteiger partial charge is 0.461 e. The number of rotatable bonds is 2. The lowest BCUT2D eigenvalue weighted by Crippen LogP contribution is -2.41. The number of fused-ring (bicyclic) bond motifs is 3. The lowest BCUT2D eigenvalue weighted by Gasteiger charge is -2.33. The molecule has 0 aromatic heterocycles. The number of esters is 2. The van der Waals surface area contributed by atoms with Crippen LogP contribution in [0.3, 0.4) is 0 Å². The van der Waals surface area contributed by atoms with E-state index in [2.05, 4.69) is 6.58 Å². The van der Waals surface area contributed by atoms with Gasteiger partial charge in [0.15, 0.2) is 0 Å². The number of aliphatic hydroxyl groups is 1. The molecule has 6 nitrogen and oxygen atoms in total. The molecule has 3 heterocycles. The summed E-state index contributed by atoms with van der Waals surface area (Å²) in [5, 5.41) is 10.7. The molecule has 25 heavy (non-hydrogen) atoms. The van der Waals surface area contributed by atoms with Gasteiger partial charge in [0.2, 0.25) is 5.79 Å². The molecule has 1 fully saturated rings. The molecule has 0 amide bonds. The molecule has 0 radical (unpaired) electrons. The summed E-state index contributed by atoms with van der Waals surface area (Å²) in [4.78, 5) is 24.3. The second-order valence-electron chi connectivity index (χ2n) is 7.55. The van der Waals surface area contributed by atoms with Gasteiger partial charge in [-0.05, 0) is 31.6 Å². The van der Waals surface area contributed by atoms with Crippen LogP contribution in [0.5, 0.6) is 0 Å². The summed E-state index contributed by atoms with van der Waals surface area (Å²) in [5.74, 6) is -3.26. The highest BCUT2D eigenvalue weighted by atomic mass is 16.6. The van der Waals surface area contributed by atoms with Crippen LogP contribution in [0.2, 0.25) is 0 Å². The third-order valence-electron chi connectivity index (χ3n) is 5.04. The van der Waals surface area contributed by atoms with Crippen molar-refractivity contribution in [3.63, 3.8) is 0 Å². The molecule has 136 valence electrons. The number of hydrogen-bond donors (Lipinski definition) is 1. The fraction of sp³-hybridized carbons (Fsp3) is 0.579. The molecule has 1 unspecified atom stereocenters. The molecule has 0 saturated carbocycles. The van der Waals surface area contributed by atoms with Crippen LogP contribution in [-0.4, -0.2) is 40.6 Å². The van der Waals surface area contributed by atoms with E-state index < -0.39 is 35.5 Å². The van der Waals surface area contributed by atoms with Crippen LogP contribution in [0.1, 0.15) is 34.1 Å². The van der Waals surface area contributed by atoms with Crippen molar-refractivity contribution < 1.29 is 28.9 Å². The Hall–Kier alpha value is -1.92. The maximum Gasteiger partial charge on any atom is 0.334 e. The van der Waals surface area contributed by atoms with E-state index >= 15 is 0 Å².